The number of benzene rings is 1. The molecule has 4 unspecified atom stereocenters. The van der Waals surface area contributed by atoms with E-state index in [4.69, 9.17) is 4.74 Å². The molecule has 1 aromatic heterocycles. The van der Waals surface area contributed by atoms with Gasteiger partial charge in [0.05, 0.1) is 12.1 Å². The molecule has 1 aliphatic rings. The van der Waals surface area contributed by atoms with Crippen molar-refractivity contribution < 1.29 is 9.84 Å². The summed E-state index contributed by atoms with van der Waals surface area (Å²) < 4.78 is 7.90. The quantitative estimate of drug-likeness (QED) is 0.941. The second-order valence-electron chi connectivity index (χ2n) is 7.47. The molecule has 0 fully saturated rings. The monoisotopic (exact) mass is 315 g/mol. The lowest BCUT2D eigenvalue weighted by Crippen LogP contribution is -2.38. The molecule has 23 heavy (non-hydrogen) atoms. The summed E-state index contributed by atoms with van der Waals surface area (Å²) >= 11 is 0. The van der Waals surface area contributed by atoms with Gasteiger partial charge in [-0.15, -0.1) is 0 Å². The smallest absolute Gasteiger partial charge is 0.137 e. The Kier molecular flexibility index (Phi) is 4.15. The van der Waals surface area contributed by atoms with Gasteiger partial charge in [-0.3, -0.25) is 0 Å². The van der Waals surface area contributed by atoms with Gasteiger partial charge in [0.15, 0.2) is 0 Å². The highest BCUT2D eigenvalue weighted by molar-refractivity contribution is 5.40. The zero-order chi connectivity index (χ0) is 16.6. The van der Waals surface area contributed by atoms with E-state index in [0.717, 1.165) is 5.75 Å². The van der Waals surface area contributed by atoms with Crippen molar-refractivity contribution in [1.82, 2.24) is 14.8 Å². The predicted octanol–water partition coefficient (Wildman–Crippen LogP) is 3.18. The van der Waals surface area contributed by atoms with E-state index in [9.17, 15) is 5.11 Å². The minimum absolute atomic E-state index is 0.0265. The topological polar surface area (TPSA) is 60.2 Å². The Hall–Kier alpha value is -1.88. The molecule has 0 aliphatic carbocycles. The summed E-state index contributed by atoms with van der Waals surface area (Å²) in [4.78, 5) is 4.04. The fourth-order valence-electron chi connectivity index (χ4n) is 3.27. The van der Waals surface area contributed by atoms with Crippen LogP contribution in [0.4, 0.5) is 0 Å². The molecular weight excluding hydrogens is 290 g/mol. The molecular formula is C18H25N3O2. The van der Waals surface area contributed by atoms with Crippen molar-refractivity contribution in [2.75, 3.05) is 0 Å². The summed E-state index contributed by atoms with van der Waals surface area (Å²) in [6, 6.07) is 7.99. The van der Waals surface area contributed by atoms with Crippen LogP contribution in [0.2, 0.25) is 0 Å². The fourth-order valence-corrected chi connectivity index (χ4v) is 3.27. The van der Waals surface area contributed by atoms with E-state index in [-0.39, 0.29) is 17.6 Å². The fraction of sp³-hybridized carbons (Fsp3) is 0.556. The molecule has 1 aromatic carbocycles. The predicted molar refractivity (Wildman–Crippen MR) is 88.4 cm³/mol. The van der Waals surface area contributed by atoms with E-state index in [1.165, 1.54) is 11.9 Å². The van der Waals surface area contributed by atoms with Crippen LogP contribution >= 0.6 is 0 Å². The highest BCUT2D eigenvalue weighted by Crippen LogP contribution is 2.42. The summed E-state index contributed by atoms with van der Waals surface area (Å²) in [5.74, 6) is 1.25. The minimum atomic E-state index is -0.538. The molecule has 4 atom stereocenters. The van der Waals surface area contributed by atoms with E-state index < -0.39 is 6.10 Å². The van der Waals surface area contributed by atoms with Crippen LogP contribution in [-0.4, -0.2) is 32.1 Å². The van der Waals surface area contributed by atoms with Gasteiger partial charge in [0, 0.05) is 17.9 Å². The molecule has 5 nitrogen and oxygen atoms in total. The van der Waals surface area contributed by atoms with Crippen molar-refractivity contribution in [2.45, 2.75) is 58.3 Å². The molecule has 0 spiro atoms. The Bertz CT molecular complexity index is 649. The lowest BCUT2D eigenvalue weighted by Gasteiger charge is -2.34. The first-order chi connectivity index (χ1) is 10.9. The first kappa shape index (κ1) is 16.0. The van der Waals surface area contributed by atoms with Gasteiger partial charge in [0.1, 0.15) is 24.5 Å². The number of rotatable bonds is 4. The number of aliphatic hydroxyl groups excluding tert-OH is 1. The lowest BCUT2D eigenvalue weighted by molar-refractivity contribution is -0.00389. The third-order valence-electron chi connectivity index (χ3n) is 4.75. The number of fused-ring (bicyclic) bond motifs is 1. The highest BCUT2D eigenvalue weighted by Gasteiger charge is 2.38. The molecule has 1 aliphatic heterocycles. The normalized spacial score (nSPS) is 23.2. The molecule has 2 aromatic rings. The number of ether oxygens (including phenoxy) is 1. The van der Waals surface area contributed by atoms with E-state index in [1.807, 2.05) is 39.0 Å². The van der Waals surface area contributed by atoms with E-state index in [2.05, 4.69) is 23.1 Å². The average molecular weight is 315 g/mol. The van der Waals surface area contributed by atoms with Crippen LogP contribution in [0.15, 0.2) is 36.9 Å². The molecule has 3 rings (SSSR count). The highest BCUT2D eigenvalue weighted by atomic mass is 16.5. The SMILES string of the molecule is CC1c2ccccc2OC1CC(C(O)C(C)(C)C)n1cncn1. The maximum absolute atomic E-state index is 10.8. The summed E-state index contributed by atoms with van der Waals surface area (Å²) in [7, 11) is 0. The summed E-state index contributed by atoms with van der Waals surface area (Å²) in [5.41, 5.74) is 0.991. The van der Waals surface area contributed by atoms with Crippen LogP contribution in [0.3, 0.4) is 0 Å². The van der Waals surface area contributed by atoms with Gasteiger partial charge in [-0.1, -0.05) is 45.9 Å². The Morgan fingerprint density at radius 1 is 1.30 bits per heavy atom. The Morgan fingerprint density at radius 2 is 2.04 bits per heavy atom. The molecule has 0 saturated heterocycles. The first-order valence-electron chi connectivity index (χ1n) is 8.15. The van der Waals surface area contributed by atoms with Crippen LogP contribution in [0.5, 0.6) is 5.75 Å². The minimum Gasteiger partial charge on any atom is -0.489 e. The number of nitrogens with zero attached hydrogens (tertiary/aromatic N) is 3. The van der Waals surface area contributed by atoms with Crippen LogP contribution in [0.1, 0.15) is 51.6 Å². The average Bonchev–Trinajstić information content (AvgIpc) is 3.12. The summed E-state index contributed by atoms with van der Waals surface area (Å²) in [5, 5.41) is 15.1. The number of hydrogen-bond acceptors (Lipinski definition) is 4. The van der Waals surface area contributed by atoms with Crippen molar-refractivity contribution in [3.8, 4) is 5.75 Å². The van der Waals surface area contributed by atoms with Crippen LogP contribution in [-0.2, 0) is 0 Å². The maximum Gasteiger partial charge on any atom is 0.137 e. The van der Waals surface area contributed by atoms with Gasteiger partial charge >= 0.3 is 0 Å². The number of aliphatic hydroxyl groups is 1. The molecule has 0 amide bonds. The van der Waals surface area contributed by atoms with Gasteiger partial charge < -0.3 is 9.84 Å². The van der Waals surface area contributed by atoms with Gasteiger partial charge in [0.2, 0.25) is 0 Å². The Balaban J connectivity index is 1.83. The standard InChI is InChI=1S/C18H25N3O2/c1-12-13-7-5-6-8-15(13)23-16(12)9-14(17(22)18(2,3)4)21-11-19-10-20-21/h5-8,10-12,14,16-17,22H,9H2,1-4H3. The van der Waals surface area contributed by atoms with Gasteiger partial charge in [0.25, 0.3) is 0 Å². The molecule has 124 valence electrons. The zero-order valence-corrected chi connectivity index (χ0v) is 14.2. The second-order valence-corrected chi connectivity index (χ2v) is 7.47. The number of para-hydroxylation sites is 1. The number of hydrogen-bond donors (Lipinski definition) is 1. The Morgan fingerprint density at radius 3 is 2.65 bits per heavy atom. The molecule has 0 saturated carbocycles. The van der Waals surface area contributed by atoms with E-state index in [0.29, 0.717) is 12.3 Å². The van der Waals surface area contributed by atoms with E-state index >= 15 is 0 Å². The molecule has 2 heterocycles. The molecule has 0 bridgehead atoms. The van der Waals surface area contributed by atoms with Crippen molar-refractivity contribution >= 4 is 0 Å². The van der Waals surface area contributed by atoms with Gasteiger partial charge in [-0.05, 0) is 11.5 Å². The first-order valence-corrected chi connectivity index (χ1v) is 8.15. The Labute approximate surface area is 137 Å². The van der Waals surface area contributed by atoms with Crippen LogP contribution in [0.25, 0.3) is 0 Å². The second kappa shape index (κ2) is 5.96. The van der Waals surface area contributed by atoms with Crippen molar-refractivity contribution in [1.29, 1.82) is 0 Å². The molecule has 5 heteroatoms. The van der Waals surface area contributed by atoms with Crippen LogP contribution in [0, 0.1) is 5.41 Å². The zero-order valence-electron chi connectivity index (χ0n) is 14.2. The van der Waals surface area contributed by atoms with E-state index in [1.54, 1.807) is 11.0 Å². The lowest BCUT2D eigenvalue weighted by atomic mass is 9.81. The van der Waals surface area contributed by atoms with Crippen LogP contribution < -0.4 is 4.74 Å². The van der Waals surface area contributed by atoms with Crippen molar-refractivity contribution in [3.63, 3.8) is 0 Å². The van der Waals surface area contributed by atoms with Gasteiger partial charge in [-0.2, -0.15) is 5.10 Å². The third kappa shape index (κ3) is 3.11. The summed E-state index contributed by atoms with van der Waals surface area (Å²) in [6.07, 6.45) is 3.36. The maximum atomic E-state index is 10.8. The van der Waals surface area contributed by atoms with Crippen molar-refractivity contribution in [2.24, 2.45) is 5.41 Å². The van der Waals surface area contributed by atoms with Crippen molar-refractivity contribution in [3.05, 3.63) is 42.5 Å². The molecule has 1 N–H and O–H groups in total. The summed E-state index contributed by atoms with van der Waals surface area (Å²) in [6.45, 7) is 8.29. The third-order valence-corrected chi connectivity index (χ3v) is 4.75. The molecule has 0 radical (unpaired) electrons. The van der Waals surface area contributed by atoms with Gasteiger partial charge in [-0.25, -0.2) is 9.67 Å². The number of aromatic nitrogens is 3. The largest absolute Gasteiger partial charge is 0.489 e.